The van der Waals surface area contributed by atoms with Gasteiger partial charge in [0.05, 0.1) is 34.7 Å². The predicted molar refractivity (Wildman–Crippen MR) is 110 cm³/mol. The molecule has 27 heavy (non-hydrogen) atoms. The quantitative estimate of drug-likeness (QED) is 0.806. The molecule has 0 spiro atoms. The van der Waals surface area contributed by atoms with Gasteiger partial charge in [-0.3, -0.25) is 4.98 Å². The van der Waals surface area contributed by atoms with E-state index in [1.54, 1.807) is 26.4 Å². The molecule has 2 N–H and O–H groups in total. The van der Waals surface area contributed by atoms with Gasteiger partial charge in [0.25, 0.3) is 0 Å². The molecule has 0 unspecified atom stereocenters. The number of aliphatic imine (C=N–C) groups is 1. The van der Waals surface area contributed by atoms with E-state index in [0.29, 0.717) is 5.69 Å². The topological polar surface area (TPSA) is 73.6 Å². The van der Waals surface area contributed by atoms with Crippen LogP contribution in [0.3, 0.4) is 0 Å². The molecule has 0 fully saturated rings. The molecule has 0 amide bonds. The first kappa shape index (κ1) is 18.8. The van der Waals surface area contributed by atoms with Crippen molar-refractivity contribution >= 4 is 23.5 Å². The molecule has 1 aliphatic rings. The predicted octanol–water partition coefficient (Wildman–Crippen LogP) is 3.92. The summed E-state index contributed by atoms with van der Waals surface area (Å²) >= 11 is 0. The van der Waals surface area contributed by atoms with Crippen molar-refractivity contribution in [3.63, 3.8) is 0 Å². The first-order valence-electron chi connectivity index (χ1n) is 8.89. The maximum absolute atomic E-state index is 10.1. The van der Waals surface area contributed by atoms with E-state index in [1.165, 1.54) is 0 Å². The van der Waals surface area contributed by atoms with Gasteiger partial charge < -0.3 is 15.3 Å². The zero-order chi connectivity index (χ0) is 19.8. The summed E-state index contributed by atoms with van der Waals surface area (Å²) in [5, 5.41) is 13.5. The van der Waals surface area contributed by atoms with E-state index in [-0.39, 0.29) is 6.04 Å². The summed E-state index contributed by atoms with van der Waals surface area (Å²) in [5.74, 6) is 0.735. The highest BCUT2D eigenvalue weighted by Gasteiger charge is 2.23. The molecule has 2 aromatic rings. The zero-order valence-electron chi connectivity index (χ0n) is 16.4. The van der Waals surface area contributed by atoms with Crippen LogP contribution in [0.1, 0.15) is 39.0 Å². The molecule has 0 atom stereocenters. The number of rotatable bonds is 4. The normalized spacial score (nSPS) is 13.6. The van der Waals surface area contributed by atoms with Crippen LogP contribution < -0.4 is 5.32 Å². The Labute approximate surface area is 160 Å². The summed E-state index contributed by atoms with van der Waals surface area (Å²) in [7, 11) is 1.91. The lowest BCUT2D eigenvalue weighted by molar-refractivity contribution is 0.0739. The van der Waals surface area contributed by atoms with E-state index in [2.05, 4.69) is 41.5 Å². The Morgan fingerprint density at radius 2 is 2.04 bits per heavy atom. The number of anilines is 1. The van der Waals surface area contributed by atoms with Crippen molar-refractivity contribution in [2.24, 2.45) is 4.99 Å². The molecule has 1 aliphatic heterocycles. The number of pyridine rings is 2. The Morgan fingerprint density at radius 1 is 1.30 bits per heavy atom. The smallest absolute Gasteiger partial charge is 0.139 e. The van der Waals surface area contributed by atoms with E-state index < -0.39 is 5.60 Å². The number of fused-ring (bicyclic) bond motifs is 1. The van der Waals surface area contributed by atoms with Crippen LogP contribution in [0.5, 0.6) is 0 Å². The van der Waals surface area contributed by atoms with Crippen LogP contribution in [0.15, 0.2) is 41.7 Å². The molecule has 3 heterocycles. The summed E-state index contributed by atoms with van der Waals surface area (Å²) in [6.45, 7) is 11.4. The summed E-state index contributed by atoms with van der Waals surface area (Å²) in [6, 6.07) is 5.87. The van der Waals surface area contributed by atoms with E-state index in [0.717, 1.165) is 34.0 Å². The molecule has 0 radical (unpaired) electrons. The largest absolute Gasteiger partial charge is 0.384 e. The molecular formula is C21H25N5O. The van der Waals surface area contributed by atoms with Crippen LogP contribution in [0, 0.1) is 0 Å². The van der Waals surface area contributed by atoms with Gasteiger partial charge in [0, 0.05) is 24.8 Å². The number of aromatic nitrogens is 2. The Bertz CT molecular complexity index is 932. The van der Waals surface area contributed by atoms with E-state index >= 15 is 0 Å². The molecule has 0 bridgehead atoms. The molecule has 140 valence electrons. The Hall–Kier alpha value is -2.95. The van der Waals surface area contributed by atoms with Crippen molar-refractivity contribution in [1.29, 1.82) is 0 Å². The van der Waals surface area contributed by atoms with Gasteiger partial charge in [0.2, 0.25) is 0 Å². The SMILES string of the molecule is C=C=C1c2c(cc(-c3ccc(C(C)(C)O)nc3)nc2NC(C)C)N=CN1C. The molecule has 0 aromatic carbocycles. The van der Waals surface area contributed by atoms with Crippen LogP contribution in [-0.4, -0.2) is 39.4 Å². The molecule has 0 aliphatic carbocycles. The second-order valence-corrected chi connectivity index (χ2v) is 7.42. The van der Waals surface area contributed by atoms with E-state index in [4.69, 9.17) is 4.98 Å². The van der Waals surface area contributed by atoms with Crippen LogP contribution in [0.2, 0.25) is 0 Å². The van der Waals surface area contributed by atoms with Crippen molar-refractivity contribution in [2.45, 2.75) is 39.3 Å². The fourth-order valence-corrected chi connectivity index (χ4v) is 2.90. The minimum atomic E-state index is -0.981. The number of hydrogen-bond donors (Lipinski definition) is 2. The third kappa shape index (κ3) is 3.77. The standard InChI is InChI=1S/C21H25N5O/c1-7-17-19-16(23-12-26(17)6)10-15(25-20(19)24-13(2)3)14-8-9-18(22-11-14)21(4,5)27/h8-13,27H,1H2,2-6H3,(H,24,25). The molecule has 3 rings (SSSR count). The second-order valence-electron chi connectivity index (χ2n) is 7.42. The lowest BCUT2D eigenvalue weighted by Crippen LogP contribution is -2.21. The van der Waals surface area contributed by atoms with Crippen LogP contribution in [-0.2, 0) is 5.60 Å². The second kappa shape index (κ2) is 6.99. The van der Waals surface area contributed by atoms with Gasteiger partial charge in [-0.15, -0.1) is 5.73 Å². The minimum Gasteiger partial charge on any atom is -0.384 e. The molecule has 6 nitrogen and oxygen atoms in total. The number of nitrogens with one attached hydrogen (secondary N) is 1. The van der Waals surface area contributed by atoms with Crippen molar-refractivity contribution in [3.8, 4) is 11.3 Å². The third-order valence-corrected chi connectivity index (χ3v) is 4.24. The maximum Gasteiger partial charge on any atom is 0.139 e. The van der Waals surface area contributed by atoms with E-state index in [9.17, 15) is 5.11 Å². The van der Waals surface area contributed by atoms with Gasteiger partial charge in [-0.25, -0.2) is 9.98 Å². The van der Waals surface area contributed by atoms with Crippen molar-refractivity contribution < 1.29 is 5.11 Å². The lowest BCUT2D eigenvalue weighted by atomic mass is 10.0. The molecule has 2 aromatic heterocycles. The number of hydrogen-bond acceptors (Lipinski definition) is 6. The highest BCUT2D eigenvalue weighted by Crippen LogP contribution is 2.38. The summed E-state index contributed by atoms with van der Waals surface area (Å²) in [6.07, 6.45) is 3.47. The maximum atomic E-state index is 10.1. The van der Waals surface area contributed by atoms with Crippen molar-refractivity contribution in [1.82, 2.24) is 14.9 Å². The van der Waals surface area contributed by atoms with Gasteiger partial charge in [-0.05, 0) is 45.9 Å². The van der Waals surface area contributed by atoms with Gasteiger partial charge in [0.15, 0.2) is 0 Å². The van der Waals surface area contributed by atoms with Crippen LogP contribution in [0.4, 0.5) is 11.5 Å². The van der Waals surface area contributed by atoms with Crippen LogP contribution in [0.25, 0.3) is 17.0 Å². The Balaban J connectivity index is 2.14. The fraction of sp³-hybridized carbons (Fsp3) is 0.333. The lowest BCUT2D eigenvalue weighted by Gasteiger charge is -2.25. The monoisotopic (exact) mass is 363 g/mol. The van der Waals surface area contributed by atoms with E-state index in [1.807, 2.05) is 30.1 Å². The summed E-state index contributed by atoms with van der Waals surface area (Å²) < 4.78 is 0. The third-order valence-electron chi connectivity index (χ3n) is 4.24. The first-order valence-corrected chi connectivity index (χ1v) is 8.89. The molecule has 0 saturated carbocycles. The number of aliphatic hydroxyl groups is 1. The fourth-order valence-electron chi connectivity index (χ4n) is 2.90. The average Bonchev–Trinajstić information content (AvgIpc) is 2.60. The highest BCUT2D eigenvalue weighted by atomic mass is 16.3. The van der Waals surface area contributed by atoms with Gasteiger partial charge in [-0.2, -0.15) is 0 Å². The number of nitrogens with zero attached hydrogens (tertiary/aromatic N) is 4. The van der Waals surface area contributed by atoms with Gasteiger partial charge in [0.1, 0.15) is 11.4 Å². The zero-order valence-corrected chi connectivity index (χ0v) is 16.4. The molecular weight excluding hydrogens is 338 g/mol. The highest BCUT2D eigenvalue weighted by molar-refractivity contribution is 5.92. The summed E-state index contributed by atoms with van der Waals surface area (Å²) in [5.41, 5.74) is 6.76. The van der Waals surface area contributed by atoms with Crippen LogP contribution >= 0.6 is 0 Å². The first-order chi connectivity index (χ1) is 12.7. The Kier molecular flexibility index (Phi) is 4.87. The summed E-state index contributed by atoms with van der Waals surface area (Å²) in [4.78, 5) is 15.6. The van der Waals surface area contributed by atoms with Gasteiger partial charge in [-0.1, -0.05) is 6.58 Å². The Morgan fingerprint density at radius 3 is 2.59 bits per heavy atom. The molecule has 0 saturated heterocycles. The minimum absolute atomic E-state index is 0.204. The van der Waals surface area contributed by atoms with Gasteiger partial charge >= 0.3 is 0 Å². The molecule has 6 heteroatoms. The van der Waals surface area contributed by atoms with Crippen molar-refractivity contribution in [3.05, 3.63) is 48.0 Å². The average molecular weight is 363 g/mol. The van der Waals surface area contributed by atoms with Crippen molar-refractivity contribution in [2.75, 3.05) is 12.4 Å².